The first-order valence-electron chi connectivity index (χ1n) is 10.0. The molecule has 4 rings (SSSR count). The summed E-state index contributed by atoms with van der Waals surface area (Å²) in [6.45, 7) is 2.13. The van der Waals surface area contributed by atoms with E-state index < -0.39 is 0 Å². The Labute approximate surface area is 204 Å². The van der Waals surface area contributed by atoms with E-state index >= 15 is 0 Å². The normalized spacial score (nSPS) is 13.6. The van der Waals surface area contributed by atoms with Gasteiger partial charge in [-0.1, -0.05) is 64.9 Å². The highest BCUT2D eigenvalue weighted by molar-refractivity contribution is 7.22. The van der Waals surface area contributed by atoms with Gasteiger partial charge in [-0.3, -0.25) is 14.9 Å². The van der Waals surface area contributed by atoms with Crippen LogP contribution in [0.4, 0.5) is 5.13 Å². The van der Waals surface area contributed by atoms with Gasteiger partial charge in [0.15, 0.2) is 5.13 Å². The summed E-state index contributed by atoms with van der Waals surface area (Å²) in [7, 11) is 0. The Morgan fingerprint density at radius 1 is 1.15 bits per heavy atom. The number of ether oxygens (including phenoxy) is 1. The molecular formula is C23H20Cl2N4O3S. The minimum atomic E-state index is -0.373. The molecule has 170 valence electrons. The van der Waals surface area contributed by atoms with Crippen molar-refractivity contribution in [1.82, 2.24) is 10.3 Å². The lowest BCUT2D eigenvalue weighted by Gasteiger charge is -2.09. The molecule has 0 spiro atoms. The van der Waals surface area contributed by atoms with Gasteiger partial charge in [-0.2, -0.15) is 0 Å². The van der Waals surface area contributed by atoms with E-state index in [-0.39, 0.29) is 23.5 Å². The van der Waals surface area contributed by atoms with Crippen LogP contribution in [0.2, 0.25) is 0 Å². The third-order valence-electron chi connectivity index (χ3n) is 4.99. The molecule has 1 aliphatic rings. The summed E-state index contributed by atoms with van der Waals surface area (Å²) < 4.78 is 6.68. The molecule has 3 aromatic rings. The quantitative estimate of drug-likeness (QED) is 0.399. The number of hydrogen-bond donors (Lipinski definition) is 3. The van der Waals surface area contributed by atoms with Crippen molar-refractivity contribution in [2.75, 3.05) is 12.0 Å². The van der Waals surface area contributed by atoms with Crippen LogP contribution in [0.1, 0.15) is 29.3 Å². The Bertz CT molecular complexity index is 1300. The second-order valence-corrected chi connectivity index (χ2v) is 9.13. The van der Waals surface area contributed by atoms with E-state index in [1.807, 2.05) is 37.3 Å². The summed E-state index contributed by atoms with van der Waals surface area (Å²) in [6.07, 6.45) is 0.378. The molecule has 0 saturated carbocycles. The molecule has 0 bridgehead atoms. The Hall–Kier alpha value is -2.91. The van der Waals surface area contributed by atoms with Gasteiger partial charge in [0.1, 0.15) is 17.9 Å². The number of nitrogens with one attached hydrogen (secondary N) is 2. The van der Waals surface area contributed by atoms with E-state index in [0.29, 0.717) is 50.3 Å². The maximum Gasteiger partial charge on any atom is 0.255 e. The molecule has 0 aliphatic heterocycles. The van der Waals surface area contributed by atoms with Crippen molar-refractivity contribution < 1.29 is 14.3 Å². The van der Waals surface area contributed by atoms with Crippen LogP contribution in [-0.4, -0.2) is 23.5 Å². The van der Waals surface area contributed by atoms with Crippen LogP contribution >= 0.6 is 34.5 Å². The van der Waals surface area contributed by atoms with Crippen molar-refractivity contribution >= 4 is 61.7 Å². The van der Waals surface area contributed by atoms with E-state index in [4.69, 9.17) is 33.7 Å². The lowest BCUT2D eigenvalue weighted by Crippen LogP contribution is -2.29. The molecule has 1 aromatic heterocycles. The maximum absolute atomic E-state index is 12.8. The van der Waals surface area contributed by atoms with E-state index in [9.17, 15) is 9.59 Å². The van der Waals surface area contributed by atoms with E-state index in [0.717, 1.165) is 11.1 Å². The standard InChI is InChI=1S/C23H20Cl2N4O3S/c1-12-7-15(19(25)18(12)24)22(31)29-23-28-20-16(32-10-13-5-3-2-4-6-13)8-14(9-17(20)33-23)21(30)27-11-26/h2-6,8-9H,7,10-11,26H2,1H3,(H,27,30)(H,28,29,31). The van der Waals surface area contributed by atoms with Crippen molar-refractivity contribution in [3.05, 3.63) is 74.8 Å². The van der Waals surface area contributed by atoms with Gasteiger partial charge >= 0.3 is 0 Å². The first kappa shape index (κ1) is 23.3. The smallest absolute Gasteiger partial charge is 0.255 e. The average molecular weight is 503 g/mol. The van der Waals surface area contributed by atoms with Crippen LogP contribution in [0.15, 0.2) is 63.7 Å². The minimum Gasteiger partial charge on any atom is -0.487 e. The summed E-state index contributed by atoms with van der Waals surface area (Å²) >= 11 is 13.6. The number of anilines is 1. The lowest BCUT2D eigenvalue weighted by atomic mass is 10.1. The maximum atomic E-state index is 12.8. The molecule has 0 unspecified atom stereocenters. The second kappa shape index (κ2) is 9.93. The number of halogens is 2. The second-order valence-electron chi connectivity index (χ2n) is 7.34. The molecule has 0 saturated heterocycles. The predicted octanol–water partition coefficient (Wildman–Crippen LogP) is 4.87. The Morgan fingerprint density at radius 3 is 2.58 bits per heavy atom. The number of amides is 2. The molecule has 1 aliphatic carbocycles. The number of nitrogens with zero attached hydrogens (tertiary/aromatic N) is 1. The number of allylic oxidation sites excluding steroid dienone is 3. The largest absolute Gasteiger partial charge is 0.487 e. The highest BCUT2D eigenvalue weighted by Gasteiger charge is 2.25. The van der Waals surface area contributed by atoms with Gasteiger partial charge in [0.05, 0.1) is 21.4 Å². The first-order valence-corrected chi connectivity index (χ1v) is 11.6. The molecular weight excluding hydrogens is 483 g/mol. The molecule has 33 heavy (non-hydrogen) atoms. The summed E-state index contributed by atoms with van der Waals surface area (Å²) in [5, 5.41) is 6.37. The van der Waals surface area contributed by atoms with Crippen molar-refractivity contribution in [3.63, 3.8) is 0 Å². The highest BCUT2D eigenvalue weighted by Crippen LogP contribution is 2.39. The molecule has 2 aromatic carbocycles. The Morgan fingerprint density at radius 2 is 1.91 bits per heavy atom. The predicted molar refractivity (Wildman–Crippen MR) is 132 cm³/mol. The van der Waals surface area contributed by atoms with Crippen molar-refractivity contribution in [3.8, 4) is 5.75 Å². The number of hydrogen-bond acceptors (Lipinski definition) is 6. The molecule has 4 N–H and O–H groups in total. The number of nitrogens with two attached hydrogens (primary N) is 1. The lowest BCUT2D eigenvalue weighted by molar-refractivity contribution is -0.112. The van der Waals surface area contributed by atoms with Gasteiger partial charge in [-0.15, -0.1) is 0 Å². The fourth-order valence-electron chi connectivity index (χ4n) is 3.32. The molecule has 7 nitrogen and oxygen atoms in total. The van der Waals surface area contributed by atoms with Gasteiger partial charge in [0, 0.05) is 17.6 Å². The van der Waals surface area contributed by atoms with Crippen LogP contribution in [-0.2, 0) is 11.4 Å². The van der Waals surface area contributed by atoms with Gasteiger partial charge in [-0.25, -0.2) is 4.98 Å². The molecule has 1 heterocycles. The molecule has 0 fully saturated rings. The number of fused-ring (bicyclic) bond motifs is 1. The van der Waals surface area contributed by atoms with Crippen LogP contribution in [0.25, 0.3) is 10.2 Å². The molecule has 10 heteroatoms. The molecule has 0 radical (unpaired) electrons. The zero-order chi connectivity index (χ0) is 23.5. The van der Waals surface area contributed by atoms with Crippen molar-refractivity contribution in [2.45, 2.75) is 20.0 Å². The summed E-state index contributed by atoms with van der Waals surface area (Å²) in [6, 6.07) is 12.9. The van der Waals surface area contributed by atoms with Crippen LogP contribution in [0.5, 0.6) is 5.75 Å². The summed E-state index contributed by atoms with van der Waals surface area (Å²) in [5.41, 5.74) is 8.56. The van der Waals surface area contributed by atoms with Crippen molar-refractivity contribution in [1.29, 1.82) is 0 Å². The van der Waals surface area contributed by atoms with Gasteiger partial charge in [0.25, 0.3) is 11.8 Å². The van der Waals surface area contributed by atoms with Crippen molar-refractivity contribution in [2.24, 2.45) is 5.73 Å². The van der Waals surface area contributed by atoms with Crippen LogP contribution < -0.4 is 21.1 Å². The monoisotopic (exact) mass is 502 g/mol. The SMILES string of the molecule is CC1=C(Cl)C(Cl)=C(C(=O)Nc2nc3c(OCc4ccccc4)cc(C(=O)NCN)cc3s2)C1. The molecule has 2 amide bonds. The topological polar surface area (TPSA) is 106 Å². The Kier molecular flexibility index (Phi) is 6.99. The van der Waals surface area contributed by atoms with Crippen LogP contribution in [0, 0.1) is 0 Å². The first-order chi connectivity index (χ1) is 15.9. The summed E-state index contributed by atoms with van der Waals surface area (Å²) in [4.78, 5) is 29.7. The zero-order valence-electron chi connectivity index (χ0n) is 17.6. The van der Waals surface area contributed by atoms with Gasteiger partial charge in [-0.05, 0) is 30.2 Å². The van der Waals surface area contributed by atoms with E-state index in [1.54, 1.807) is 12.1 Å². The average Bonchev–Trinajstić information content (AvgIpc) is 3.33. The third kappa shape index (κ3) is 5.04. The van der Waals surface area contributed by atoms with E-state index in [1.165, 1.54) is 11.3 Å². The fourth-order valence-corrected chi connectivity index (χ4v) is 4.73. The van der Waals surface area contributed by atoms with E-state index in [2.05, 4.69) is 15.6 Å². The number of thiazole rings is 1. The van der Waals surface area contributed by atoms with Gasteiger partial charge in [0.2, 0.25) is 0 Å². The molecule has 0 atom stereocenters. The third-order valence-corrected chi connectivity index (χ3v) is 6.93. The number of aromatic nitrogens is 1. The van der Waals surface area contributed by atoms with Gasteiger partial charge < -0.3 is 15.8 Å². The Balaban J connectivity index is 1.64. The number of benzene rings is 2. The number of rotatable bonds is 7. The minimum absolute atomic E-state index is 0.00690. The zero-order valence-corrected chi connectivity index (χ0v) is 19.9. The summed E-state index contributed by atoms with van der Waals surface area (Å²) in [5.74, 6) is -0.280. The van der Waals surface area contributed by atoms with Crippen LogP contribution in [0.3, 0.4) is 0 Å². The fraction of sp³-hybridized carbons (Fsp3) is 0.174. The highest BCUT2D eigenvalue weighted by atomic mass is 35.5. The number of carbonyl (C=O) groups is 2. The number of carbonyl (C=O) groups excluding carboxylic acids is 2.